The molecule has 0 spiro atoms. The predicted molar refractivity (Wildman–Crippen MR) is 98.3 cm³/mol. The number of hydrogen-bond acceptors (Lipinski definition) is 4. The van der Waals surface area contributed by atoms with Crippen LogP contribution >= 0.6 is 0 Å². The molecule has 2 N–H and O–H groups in total. The van der Waals surface area contributed by atoms with E-state index >= 15 is 0 Å². The van der Waals surface area contributed by atoms with Gasteiger partial charge in [0.15, 0.2) is 0 Å². The molecule has 2 aromatic rings. The Morgan fingerprint density at radius 1 is 1.15 bits per heavy atom. The fourth-order valence-electron chi connectivity index (χ4n) is 2.26. The Hall–Kier alpha value is -2.89. The molecule has 6 nitrogen and oxygen atoms in total. The summed E-state index contributed by atoms with van der Waals surface area (Å²) >= 11 is 0. The Morgan fingerprint density at radius 2 is 1.85 bits per heavy atom. The number of nitrogens with one attached hydrogen (secondary N) is 1. The Kier molecular flexibility index (Phi) is 6.33. The van der Waals surface area contributed by atoms with Gasteiger partial charge >= 0.3 is 5.97 Å². The maximum absolute atomic E-state index is 12.3. The number of carboxylic acids is 1. The summed E-state index contributed by atoms with van der Waals surface area (Å²) in [4.78, 5) is 27.8. The number of amides is 1. The number of pyridine rings is 1. The zero-order valence-electron chi connectivity index (χ0n) is 15.2. The molecule has 0 saturated heterocycles. The largest absolute Gasteiger partial charge is 0.480 e. The average molecular weight is 356 g/mol. The van der Waals surface area contributed by atoms with Gasteiger partial charge in [-0.1, -0.05) is 39.0 Å². The molecule has 0 fully saturated rings. The zero-order valence-corrected chi connectivity index (χ0v) is 15.2. The number of carbonyl (C=O) groups is 2. The van der Waals surface area contributed by atoms with Crippen LogP contribution in [0.15, 0.2) is 48.7 Å². The van der Waals surface area contributed by atoms with Crippen LogP contribution in [-0.4, -0.2) is 28.0 Å². The Morgan fingerprint density at radius 3 is 2.38 bits per heavy atom. The van der Waals surface area contributed by atoms with Crippen LogP contribution in [0.2, 0.25) is 0 Å². The molecule has 26 heavy (non-hydrogen) atoms. The first kappa shape index (κ1) is 19.4. The normalized spacial score (nSPS) is 12.3. The molecule has 0 aliphatic carbocycles. The van der Waals surface area contributed by atoms with E-state index in [9.17, 15) is 14.7 Å². The molecule has 0 radical (unpaired) electrons. The Balaban J connectivity index is 1.98. The number of para-hydroxylation sites is 1. The molecule has 0 aliphatic heterocycles. The second kappa shape index (κ2) is 8.47. The lowest BCUT2D eigenvalue weighted by Gasteiger charge is -2.21. The van der Waals surface area contributed by atoms with Gasteiger partial charge in [0.05, 0.1) is 5.56 Å². The van der Waals surface area contributed by atoms with Crippen molar-refractivity contribution in [2.75, 3.05) is 0 Å². The van der Waals surface area contributed by atoms with E-state index in [1.165, 1.54) is 6.20 Å². The third-order valence-electron chi connectivity index (χ3n) is 3.75. The first-order valence-corrected chi connectivity index (χ1v) is 8.47. The smallest absolute Gasteiger partial charge is 0.326 e. The van der Waals surface area contributed by atoms with Crippen molar-refractivity contribution in [3.05, 3.63) is 54.2 Å². The maximum atomic E-state index is 12.3. The summed E-state index contributed by atoms with van der Waals surface area (Å²) in [5.41, 5.74) is 0.281. The van der Waals surface area contributed by atoms with E-state index in [0.29, 0.717) is 24.5 Å². The van der Waals surface area contributed by atoms with Crippen molar-refractivity contribution in [3.8, 4) is 11.6 Å². The van der Waals surface area contributed by atoms with E-state index in [0.717, 1.165) is 0 Å². The molecule has 1 atom stereocenters. The minimum Gasteiger partial charge on any atom is -0.480 e. The van der Waals surface area contributed by atoms with Crippen LogP contribution in [0.1, 0.15) is 44.0 Å². The zero-order chi connectivity index (χ0) is 19.2. The standard InChI is InChI=1S/C20H24N2O4/c1-20(2,3)12-11-16(19(24)25)22-18(23)14-9-10-17(21-13-14)26-15-7-5-4-6-8-15/h4-10,13,16H,11-12H2,1-3H3,(H,22,23)(H,24,25). The number of hydrogen-bond donors (Lipinski definition) is 2. The van der Waals surface area contributed by atoms with E-state index < -0.39 is 17.9 Å². The highest BCUT2D eigenvalue weighted by Gasteiger charge is 2.23. The summed E-state index contributed by atoms with van der Waals surface area (Å²) in [7, 11) is 0. The summed E-state index contributed by atoms with van der Waals surface area (Å²) in [5, 5.41) is 11.9. The number of rotatable bonds is 7. The first-order valence-electron chi connectivity index (χ1n) is 8.47. The van der Waals surface area contributed by atoms with Crippen molar-refractivity contribution < 1.29 is 19.4 Å². The third-order valence-corrected chi connectivity index (χ3v) is 3.75. The van der Waals surface area contributed by atoms with Crippen LogP contribution in [0.3, 0.4) is 0 Å². The highest BCUT2D eigenvalue weighted by atomic mass is 16.5. The fraction of sp³-hybridized carbons (Fsp3) is 0.350. The molecule has 1 heterocycles. The topological polar surface area (TPSA) is 88.5 Å². The maximum Gasteiger partial charge on any atom is 0.326 e. The van der Waals surface area contributed by atoms with Gasteiger partial charge in [-0.25, -0.2) is 9.78 Å². The van der Waals surface area contributed by atoms with Gasteiger partial charge in [-0.2, -0.15) is 0 Å². The monoisotopic (exact) mass is 356 g/mol. The van der Waals surface area contributed by atoms with E-state index in [4.69, 9.17) is 4.74 Å². The Bertz CT molecular complexity index is 737. The van der Waals surface area contributed by atoms with Crippen LogP contribution < -0.4 is 10.1 Å². The number of carboxylic acid groups (broad SMARTS) is 1. The van der Waals surface area contributed by atoms with E-state index in [2.05, 4.69) is 10.3 Å². The summed E-state index contributed by atoms with van der Waals surface area (Å²) in [6.45, 7) is 6.09. The average Bonchev–Trinajstić information content (AvgIpc) is 2.59. The second-order valence-corrected chi connectivity index (χ2v) is 7.26. The first-order chi connectivity index (χ1) is 12.2. The molecule has 0 aliphatic rings. The fourth-order valence-corrected chi connectivity index (χ4v) is 2.26. The van der Waals surface area contributed by atoms with Crippen molar-refractivity contribution in [1.29, 1.82) is 0 Å². The van der Waals surface area contributed by atoms with Crippen LogP contribution in [0.25, 0.3) is 0 Å². The molecular formula is C20H24N2O4. The second-order valence-electron chi connectivity index (χ2n) is 7.26. The van der Waals surface area contributed by atoms with Crippen molar-refractivity contribution in [1.82, 2.24) is 10.3 Å². The number of aromatic nitrogens is 1. The molecule has 0 bridgehead atoms. The van der Waals surface area contributed by atoms with Gasteiger partial charge in [-0.05, 0) is 36.5 Å². The van der Waals surface area contributed by atoms with E-state index in [-0.39, 0.29) is 11.0 Å². The number of benzene rings is 1. The van der Waals surface area contributed by atoms with Crippen LogP contribution in [-0.2, 0) is 4.79 Å². The van der Waals surface area contributed by atoms with E-state index in [1.807, 2.05) is 39.0 Å². The molecular weight excluding hydrogens is 332 g/mol. The molecule has 138 valence electrons. The minimum absolute atomic E-state index is 0.00356. The van der Waals surface area contributed by atoms with Crippen molar-refractivity contribution >= 4 is 11.9 Å². The number of aliphatic carboxylic acids is 1. The summed E-state index contributed by atoms with van der Waals surface area (Å²) < 4.78 is 5.57. The lowest BCUT2D eigenvalue weighted by molar-refractivity contribution is -0.139. The van der Waals surface area contributed by atoms with Crippen molar-refractivity contribution in [3.63, 3.8) is 0 Å². The van der Waals surface area contributed by atoms with Gasteiger partial charge in [-0.15, -0.1) is 0 Å². The van der Waals surface area contributed by atoms with Crippen LogP contribution in [0.4, 0.5) is 0 Å². The SMILES string of the molecule is CC(C)(C)CCC(NC(=O)c1ccc(Oc2ccccc2)nc1)C(=O)O. The van der Waals surface area contributed by atoms with Crippen molar-refractivity contribution in [2.24, 2.45) is 5.41 Å². The van der Waals surface area contributed by atoms with Gasteiger partial charge in [0.1, 0.15) is 11.8 Å². The Labute approximate surface area is 153 Å². The summed E-state index contributed by atoms with van der Waals surface area (Å²) in [6.07, 6.45) is 2.43. The summed E-state index contributed by atoms with van der Waals surface area (Å²) in [6, 6.07) is 11.4. The highest BCUT2D eigenvalue weighted by Crippen LogP contribution is 2.22. The van der Waals surface area contributed by atoms with Crippen molar-refractivity contribution in [2.45, 2.75) is 39.7 Å². The lowest BCUT2D eigenvalue weighted by Crippen LogP contribution is -2.41. The molecule has 2 rings (SSSR count). The molecule has 1 aromatic heterocycles. The number of carbonyl (C=O) groups excluding carboxylic acids is 1. The molecule has 1 aromatic carbocycles. The van der Waals surface area contributed by atoms with Gasteiger partial charge in [-0.3, -0.25) is 4.79 Å². The molecule has 1 amide bonds. The van der Waals surface area contributed by atoms with E-state index in [1.54, 1.807) is 24.3 Å². The van der Waals surface area contributed by atoms with Gasteiger partial charge in [0, 0.05) is 12.3 Å². The number of ether oxygens (including phenoxy) is 1. The van der Waals surface area contributed by atoms with Gasteiger partial charge in [0.25, 0.3) is 5.91 Å². The molecule has 0 saturated carbocycles. The number of nitrogens with zero attached hydrogens (tertiary/aromatic N) is 1. The van der Waals surface area contributed by atoms with Crippen LogP contribution in [0.5, 0.6) is 11.6 Å². The predicted octanol–water partition coefficient (Wildman–Crippen LogP) is 3.88. The van der Waals surface area contributed by atoms with Crippen LogP contribution in [0, 0.1) is 5.41 Å². The quantitative estimate of drug-likeness (QED) is 0.786. The minimum atomic E-state index is -1.04. The third kappa shape index (κ3) is 6.20. The summed E-state index contributed by atoms with van der Waals surface area (Å²) in [5.74, 6) is -0.509. The molecule has 1 unspecified atom stereocenters. The molecule has 6 heteroatoms. The lowest BCUT2D eigenvalue weighted by atomic mass is 9.88. The van der Waals surface area contributed by atoms with Gasteiger partial charge in [0.2, 0.25) is 5.88 Å². The highest BCUT2D eigenvalue weighted by molar-refractivity contribution is 5.96. The van der Waals surface area contributed by atoms with Gasteiger partial charge < -0.3 is 15.2 Å².